The van der Waals surface area contributed by atoms with Gasteiger partial charge in [-0.25, -0.2) is 8.42 Å². The molecule has 0 rings (SSSR count). The first kappa shape index (κ1) is 100. The zero-order valence-corrected chi connectivity index (χ0v) is 108. The van der Waals surface area contributed by atoms with Crippen LogP contribution in [0.5, 0.6) is 0 Å². The van der Waals surface area contributed by atoms with E-state index in [1.165, 1.54) is 0 Å². The standard InChI is InChI=1S/C23Br48.H2O3S/c24-1(25,2(26,27)4(30,31)6(34,35)8(38,39)10(42,43)12(46,47)14(50,51)16(54,55)18(58,59)20(62,63)22(66,67)68)3(28,29)5(32,33)7(36,37)9(40,41)11(44,45)13(48,49)15(52,53)17(56,57)19(60,61)21(64,65)23(69,70)71;1-4(2)3/h;4H,(H,1,2,3). The van der Waals surface area contributed by atoms with E-state index in [4.69, 9.17) is 13.0 Å². The minimum absolute atomic E-state index is 0.940. The Morgan fingerprint density at radius 3 is 0.227 bits per heavy atom. The fraction of sp³-hybridized carbons (Fsp3) is 1.00. The van der Waals surface area contributed by atoms with E-state index in [1.54, 1.807) is 0 Å². The van der Waals surface area contributed by atoms with Crippen molar-refractivity contribution in [2.75, 3.05) is 0 Å². The van der Waals surface area contributed by atoms with Crippen LogP contribution in [0.25, 0.3) is 0 Å². The monoisotopic (exact) mass is 4150 g/mol. The van der Waals surface area contributed by atoms with E-state index < -0.39 is 83.2 Å². The third-order valence-corrected chi connectivity index (χ3v) is 111. The normalized spacial score (nSPS) is 17.1. The molecule has 0 bridgehead atoms. The van der Waals surface area contributed by atoms with Crippen LogP contribution in [0, 0.1) is 0 Å². The molecule has 0 aromatic heterocycles. The van der Waals surface area contributed by atoms with Crippen molar-refractivity contribution in [3.05, 3.63) is 0 Å². The molecule has 454 valence electrons. The van der Waals surface area contributed by atoms with Gasteiger partial charge in [0.1, 0.15) is 67.9 Å². The van der Waals surface area contributed by atoms with Crippen LogP contribution in [0.15, 0.2) is 0 Å². The largest absolute Gasteiger partial charge is 0.288 e. The molecule has 0 heterocycles. The van der Waals surface area contributed by atoms with Crippen LogP contribution >= 0.6 is 765 Å². The Morgan fingerprint density at radius 2 is 0.187 bits per heavy atom. The van der Waals surface area contributed by atoms with Crippen molar-refractivity contribution in [1.29, 1.82) is 0 Å². The zero-order chi connectivity index (χ0) is 63.1. The summed E-state index contributed by atoms with van der Waals surface area (Å²) in [4.78, 5) is 0. The molecular formula is C23H2Br48O3S. The summed E-state index contributed by atoms with van der Waals surface area (Å²) in [7, 11) is -3.12. The molecule has 0 aliphatic heterocycles. The highest BCUT2D eigenvalue weighted by Crippen LogP contribution is 2.86. The Labute approximate surface area is 838 Å². The van der Waals surface area contributed by atoms with E-state index in [2.05, 4.69) is 765 Å². The number of halogens is 48. The van der Waals surface area contributed by atoms with Gasteiger partial charge in [0, 0.05) is 0 Å². The molecule has 0 spiro atoms. The van der Waals surface area contributed by atoms with Crippen molar-refractivity contribution >= 4 is 776 Å². The highest BCUT2D eigenvalue weighted by Gasteiger charge is 2.86. The maximum atomic E-state index is 8.59. The molecule has 75 heavy (non-hydrogen) atoms. The summed E-state index contributed by atoms with van der Waals surface area (Å²) in [5, 5.41) is 0. The summed E-state index contributed by atoms with van der Waals surface area (Å²) in [6.45, 7) is 0. The second-order valence-electron chi connectivity index (χ2n) is 13.3. The molecule has 3 nitrogen and oxygen atoms in total. The second kappa shape index (κ2) is 33.2. The van der Waals surface area contributed by atoms with E-state index in [9.17, 15) is 0 Å². The van der Waals surface area contributed by atoms with Gasteiger partial charge in [-0.05, 0) is 0 Å². The molecule has 0 fully saturated rings. The van der Waals surface area contributed by atoms with E-state index in [-0.39, 0.29) is 0 Å². The van der Waals surface area contributed by atoms with Crippen LogP contribution in [0.3, 0.4) is 0 Å². The van der Waals surface area contributed by atoms with Gasteiger partial charge in [0.2, 0.25) is 0 Å². The lowest BCUT2D eigenvalue weighted by Gasteiger charge is -2.63. The predicted molar refractivity (Wildman–Crippen MR) is 504 cm³/mol. The van der Waals surface area contributed by atoms with Crippen molar-refractivity contribution < 1.29 is 13.0 Å². The zero-order valence-electron chi connectivity index (χ0n) is 31.4. The van der Waals surface area contributed by atoms with E-state index >= 15 is 0 Å². The topological polar surface area (TPSA) is 54.4 Å². The van der Waals surface area contributed by atoms with Gasteiger partial charge in [-0.1, -0.05) is 765 Å². The van der Waals surface area contributed by atoms with E-state index in [1.807, 2.05) is 0 Å². The summed E-state index contributed by atoms with van der Waals surface area (Å²) >= 11 is 191. The molecule has 0 radical (unpaired) electrons. The summed E-state index contributed by atoms with van der Waals surface area (Å²) in [6, 6.07) is 0. The third kappa shape index (κ3) is 17.9. The first-order chi connectivity index (χ1) is 31.2. The fourth-order valence-electron chi connectivity index (χ4n) is 4.10. The number of alkyl halides is 48. The number of hydrogen-bond acceptors (Lipinski definition) is 2. The predicted octanol–water partition coefficient (Wildman–Crippen LogP) is 34.9. The fourth-order valence-corrected chi connectivity index (χ4v) is 53.1. The summed E-state index contributed by atoms with van der Waals surface area (Å²) in [5.74, 6) is 0. The molecule has 0 amide bonds. The van der Waals surface area contributed by atoms with Crippen molar-refractivity contribution in [3.63, 3.8) is 0 Å². The molecule has 0 aromatic carbocycles. The minimum Gasteiger partial charge on any atom is -0.288 e. The Kier molecular flexibility index (Phi) is 44.3. The molecule has 0 unspecified atom stereocenters. The summed E-state index contributed by atoms with van der Waals surface area (Å²) in [5.41, 5.74) is 0. The van der Waals surface area contributed by atoms with Gasteiger partial charge in [-0.3, -0.25) is 4.55 Å². The van der Waals surface area contributed by atoms with Gasteiger partial charge in [0.25, 0.3) is 11.0 Å². The first-order valence-electron chi connectivity index (χ1n) is 15.1. The van der Waals surface area contributed by atoms with Crippen LogP contribution in [-0.2, 0) is 11.0 Å². The average Bonchev–Trinajstić information content (AvgIpc) is 3.14. The Balaban J connectivity index is 0. The second-order valence-corrected chi connectivity index (χ2v) is 99.6. The Morgan fingerprint density at radius 1 is 0.147 bits per heavy atom. The molecule has 0 aliphatic carbocycles. The van der Waals surface area contributed by atoms with Crippen LogP contribution in [0.4, 0.5) is 0 Å². The molecule has 0 aromatic rings. The van der Waals surface area contributed by atoms with Crippen molar-refractivity contribution in [1.82, 2.24) is 0 Å². The first-order valence-corrected chi connectivity index (χ1v) is 54.3. The lowest BCUT2D eigenvalue weighted by molar-refractivity contribution is 0.509. The SMILES string of the molecule is BrC(Br)(Br)C(Br)(Br)C(Br)(Br)C(Br)(Br)C(Br)(Br)C(Br)(Br)C(Br)(Br)C(Br)(Br)C(Br)(Br)C(Br)(Br)C(Br)(Br)C(Br)(Br)C(Br)(Br)C(Br)(Br)C(Br)(Br)C(Br)(Br)C(Br)(Br)C(Br)(Br)C(Br)(Br)C(Br)(Br)C(Br)(Br)C(Br)(Br)C(Br)(Br)Br.O=[SH](=O)O. The van der Waals surface area contributed by atoms with Crippen molar-refractivity contribution in [2.24, 2.45) is 0 Å². The van der Waals surface area contributed by atoms with E-state index in [0.717, 1.165) is 0 Å². The maximum absolute atomic E-state index is 8.59. The van der Waals surface area contributed by atoms with Crippen molar-refractivity contribution in [3.8, 4) is 0 Å². The molecule has 52 heteroatoms. The van der Waals surface area contributed by atoms with Crippen molar-refractivity contribution in [2.45, 2.75) is 72.2 Å². The highest BCUT2D eigenvalue weighted by atomic mass is 80.0. The van der Waals surface area contributed by atoms with Gasteiger partial charge in [-0.2, -0.15) is 0 Å². The van der Waals surface area contributed by atoms with Gasteiger partial charge in [0.05, 0.1) is 0 Å². The molecular weight excluding hydrogens is 4190 g/mol. The van der Waals surface area contributed by atoms with Gasteiger partial charge < -0.3 is 0 Å². The summed E-state index contributed by atoms with van der Waals surface area (Å²) in [6.07, 6.45) is 0. The lowest BCUT2D eigenvalue weighted by Crippen LogP contribution is -2.74. The Bertz CT molecular complexity index is 1970. The quantitative estimate of drug-likeness (QED) is 0.0726. The van der Waals surface area contributed by atoms with Crippen LogP contribution in [0.2, 0.25) is 0 Å². The summed E-state index contributed by atoms with van der Waals surface area (Å²) < 4.78 is -5.58. The molecule has 0 saturated carbocycles. The number of rotatable bonds is 20. The van der Waals surface area contributed by atoms with E-state index in [0.29, 0.717) is 0 Å². The highest BCUT2D eigenvalue weighted by molar-refractivity contribution is 9.44. The Hall–Kier alpha value is 23.0. The number of hydrogen-bond donors (Lipinski definition) is 2. The molecule has 0 aliphatic rings. The van der Waals surface area contributed by atoms with Crippen LogP contribution < -0.4 is 0 Å². The minimum atomic E-state index is -3.12. The smallest absolute Gasteiger partial charge is 0.254 e. The van der Waals surface area contributed by atoms with Crippen LogP contribution in [0.1, 0.15) is 0 Å². The average molecular weight is 4190 g/mol. The van der Waals surface area contributed by atoms with Gasteiger partial charge in [-0.15, -0.1) is 0 Å². The maximum Gasteiger partial charge on any atom is 0.254 e. The number of thiol groups is 1. The van der Waals surface area contributed by atoms with Gasteiger partial charge >= 0.3 is 0 Å². The van der Waals surface area contributed by atoms with Crippen LogP contribution in [-0.4, -0.2) is 85.2 Å². The molecule has 0 saturated heterocycles. The molecule has 1 N–H and O–H groups in total. The van der Waals surface area contributed by atoms with Gasteiger partial charge in [0.15, 0.2) is 4.29 Å². The third-order valence-electron chi connectivity index (χ3n) is 8.60. The lowest BCUT2D eigenvalue weighted by atomic mass is 10.0. The molecule has 0 atom stereocenters.